The molecule has 1 N–H and O–H groups in total. The maximum absolute atomic E-state index is 11.8. The number of aryl methyl sites for hydroxylation is 2. The van der Waals surface area contributed by atoms with Crippen molar-refractivity contribution in [3.05, 3.63) is 34.9 Å². The lowest BCUT2D eigenvalue weighted by Crippen LogP contribution is -2.27. The number of sulfone groups is 1. The van der Waals surface area contributed by atoms with Crippen LogP contribution in [0.1, 0.15) is 23.1 Å². The second-order valence-corrected chi connectivity index (χ2v) is 7.42. The highest BCUT2D eigenvalue weighted by atomic mass is 32.2. The molecular formula is C14H18N2O3S. The van der Waals surface area contributed by atoms with E-state index in [-0.39, 0.29) is 17.4 Å². The number of hydrogen-bond acceptors (Lipinski definition) is 4. The molecule has 0 spiro atoms. The molecule has 1 aromatic carbocycles. The molecule has 0 bridgehead atoms. The molecule has 1 atom stereocenters. The van der Waals surface area contributed by atoms with Crippen molar-refractivity contribution in [2.75, 3.05) is 11.5 Å². The minimum absolute atomic E-state index is 0.0715. The standard InChI is InChI=1S/C14H18N2O3S/c1-10-3-4-12(11(2)7-10)8-15-16-14(17)13-5-6-20(18,19)9-13/h3-4,7-8,13H,5-6,9H2,1-2H3,(H,16,17)/b15-8-/t13-/m1/s1. The first-order chi connectivity index (χ1) is 9.37. The lowest BCUT2D eigenvalue weighted by Gasteiger charge is -2.05. The van der Waals surface area contributed by atoms with Crippen molar-refractivity contribution in [3.63, 3.8) is 0 Å². The molecule has 1 aliphatic rings. The van der Waals surface area contributed by atoms with Crippen LogP contribution in [-0.4, -0.2) is 32.0 Å². The number of nitrogens with zero attached hydrogens (tertiary/aromatic N) is 1. The second-order valence-electron chi connectivity index (χ2n) is 5.19. The van der Waals surface area contributed by atoms with E-state index in [1.54, 1.807) is 6.21 Å². The minimum Gasteiger partial charge on any atom is -0.273 e. The quantitative estimate of drug-likeness (QED) is 0.672. The summed E-state index contributed by atoms with van der Waals surface area (Å²) in [5.41, 5.74) is 5.59. The zero-order valence-electron chi connectivity index (χ0n) is 11.6. The van der Waals surface area contributed by atoms with Crippen LogP contribution in [0.15, 0.2) is 23.3 Å². The summed E-state index contributed by atoms with van der Waals surface area (Å²) in [4.78, 5) is 11.8. The number of carbonyl (C=O) groups is 1. The number of benzene rings is 1. The van der Waals surface area contributed by atoms with Crippen molar-refractivity contribution in [2.45, 2.75) is 20.3 Å². The fourth-order valence-electron chi connectivity index (χ4n) is 2.23. The monoisotopic (exact) mass is 294 g/mol. The van der Waals surface area contributed by atoms with Crippen LogP contribution in [0.2, 0.25) is 0 Å². The van der Waals surface area contributed by atoms with Crippen molar-refractivity contribution in [3.8, 4) is 0 Å². The molecule has 2 rings (SSSR count). The van der Waals surface area contributed by atoms with E-state index >= 15 is 0 Å². The van der Waals surface area contributed by atoms with Gasteiger partial charge in [0.1, 0.15) is 0 Å². The van der Waals surface area contributed by atoms with Gasteiger partial charge in [-0.2, -0.15) is 5.10 Å². The highest BCUT2D eigenvalue weighted by molar-refractivity contribution is 7.91. The number of hydrazone groups is 1. The first-order valence-electron chi connectivity index (χ1n) is 6.48. The van der Waals surface area contributed by atoms with Gasteiger partial charge in [0.15, 0.2) is 9.84 Å². The number of amides is 1. The maximum atomic E-state index is 11.8. The molecule has 1 heterocycles. The van der Waals surface area contributed by atoms with E-state index in [0.717, 1.165) is 11.1 Å². The Labute approximate surface area is 119 Å². The summed E-state index contributed by atoms with van der Waals surface area (Å²) < 4.78 is 22.6. The second kappa shape index (κ2) is 5.75. The van der Waals surface area contributed by atoms with Crippen LogP contribution in [0.3, 0.4) is 0 Å². The Kier molecular flexibility index (Phi) is 4.23. The minimum atomic E-state index is -3.04. The molecule has 20 heavy (non-hydrogen) atoms. The molecule has 0 unspecified atom stereocenters. The van der Waals surface area contributed by atoms with Crippen LogP contribution < -0.4 is 5.43 Å². The third-order valence-corrected chi connectivity index (χ3v) is 5.17. The molecule has 0 aliphatic carbocycles. The van der Waals surface area contributed by atoms with Gasteiger partial charge in [-0.05, 0) is 31.4 Å². The third-order valence-electron chi connectivity index (χ3n) is 3.41. The Morgan fingerprint density at radius 3 is 2.75 bits per heavy atom. The Morgan fingerprint density at radius 1 is 1.40 bits per heavy atom. The van der Waals surface area contributed by atoms with Crippen molar-refractivity contribution in [2.24, 2.45) is 11.0 Å². The van der Waals surface area contributed by atoms with Gasteiger partial charge in [0.05, 0.1) is 23.6 Å². The summed E-state index contributed by atoms with van der Waals surface area (Å²) in [6.07, 6.45) is 1.96. The Hall–Kier alpha value is -1.69. The van der Waals surface area contributed by atoms with Crippen molar-refractivity contribution in [1.29, 1.82) is 0 Å². The fourth-order valence-corrected chi connectivity index (χ4v) is 3.97. The van der Waals surface area contributed by atoms with Crippen LogP contribution in [0, 0.1) is 19.8 Å². The SMILES string of the molecule is Cc1ccc(/C=N\NC(=O)[C@@H]2CCS(=O)(=O)C2)c(C)c1. The van der Waals surface area contributed by atoms with E-state index in [0.29, 0.717) is 6.42 Å². The lowest BCUT2D eigenvalue weighted by molar-refractivity contribution is -0.124. The summed E-state index contributed by atoms with van der Waals surface area (Å²) >= 11 is 0. The van der Waals surface area contributed by atoms with Gasteiger partial charge in [-0.1, -0.05) is 23.8 Å². The largest absolute Gasteiger partial charge is 0.273 e. The van der Waals surface area contributed by atoms with E-state index in [1.165, 1.54) is 5.56 Å². The molecule has 0 saturated carbocycles. The molecular weight excluding hydrogens is 276 g/mol. The molecule has 1 aromatic rings. The van der Waals surface area contributed by atoms with Gasteiger partial charge in [0.25, 0.3) is 0 Å². The summed E-state index contributed by atoms with van der Waals surface area (Å²) in [5.74, 6) is -0.785. The Bertz CT molecular complexity index is 650. The Morgan fingerprint density at radius 2 is 2.15 bits per heavy atom. The number of nitrogens with one attached hydrogen (secondary N) is 1. The third kappa shape index (κ3) is 3.66. The van der Waals surface area contributed by atoms with Crippen LogP contribution in [0.25, 0.3) is 0 Å². The highest BCUT2D eigenvalue weighted by Crippen LogP contribution is 2.18. The Balaban J connectivity index is 1.95. The zero-order valence-corrected chi connectivity index (χ0v) is 12.4. The predicted molar refractivity (Wildman–Crippen MR) is 78.4 cm³/mol. The molecule has 6 heteroatoms. The van der Waals surface area contributed by atoms with Gasteiger partial charge in [-0.25, -0.2) is 13.8 Å². The molecule has 5 nitrogen and oxygen atoms in total. The highest BCUT2D eigenvalue weighted by Gasteiger charge is 2.32. The summed E-state index contributed by atoms with van der Waals surface area (Å²) in [7, 11) is -3.04. The average molecular weight is 294 g/mol. The van der Waals surface area contributed by atoms with E-state index in [1.807, 2.05) is 32.0 Å². The van der Waals surface area contributed by atoms with Gasteiger partial charge in [-0.15, -0.1) is 0 Å². The van der Waals surface area contributed by atoms with Gasteiger partial charge in [-0.3, -0.25) is 4.79 Å². The lowest BCUT2D eigenvalue weighted by atomic mass is 10.1. The first-order valence-corrected chi connectivity index (χ1v) is 8.30. The molecule has 108 valence electrons. The fraction of sp³-hybridized carbons (Fsp3) is 0.429. The molecule has 0 aromatic heterocycles. The van der Waals surface area contributed by atoms with Crippen molar-refractivity contribution >= 4 is 22.0 Å². The average Bonchev–Trinajstić information content (AvgIpc) is 2.72. The first kappa shape index (κ1) is 14.7. The molecule has 1 amide bonds. The molecule has 1 aliphatic heterocycles. The van der Waals surface area contributed by atoms with Crippen LogP contribution in [0.4, 0.5) is 0 Å². The van der Waals surface area contributed by atoms with Gasteiger partial charge >= 0.3 is 0 Å². The zero-order chi connectivity index (χ0) is 14.8. The van der Waals surface area contributed by atoms with E-state index in [4.69, 9.17) is 0 Å². The van der Waals surface area contributed by atoms with Crippen LogP contribution >= 0.6 is 0 Å². The summed E-state index contributed by atoms with van der Waals surface area (Å²) in [6.45, 7) is 3.98. The molecule has 1 saturated heterocycles. The summed E-state index contributed by atoms with van der Waals surface area (Å²) in [6, 6.07) is 5.94. The van der Waals surface area contributed by atoms with Crippen molar-refractivity contribution < 1.29 is 13.2 Å². The maximum Gasteiger partial charge on any atom is 0.244 e. The van der Waals surface area contributed by atoms with Crippen molar-refractivity contribution in [1.82, 2.24) is 5.43 Å². The predicted octanol–water partition coefficient (Wildman–Crippen LogP) is 1.19. The van der Waals surface area contributed by atoms with Gasteiger partial charge in [0.2, 0.25) is 5.91 Å². The normalized spacial score (nSPS) is 21.2. The van der Waals surface area contributed by atoms with Crippen LogP contribution in [-0.2, 0) is 14.6 Å². The smallest absolute Gasteiger partial charge is 0.244 e. The van der Waals surface area contributed by atoms with E-state index < -0.39 is 15.8 Å². The van der Waals surface area contributed by atoms with Gasteiger partial charge in [0, 0.05) is 0 Å². The van der Waals surface area contributed by atoms with E-state index in [2.05, 4.69) is 10.5 Å². The topological polar surface area (TPSA) is 75.6 Å². The number of hydrogen-bond donors (Lipinski definition) is 1. The molecule has 1 fully saturated rings. The van der Waals surface area contributed by atoms with Gasteiger partial charge < -0.3 is 0 Å². The van der Waals surface area contributed by atoms with Crippen LogP contribution in [0.5, 0.6) is 0 Å². The number of carbonyl (C=O) groups excluding carboxylic acids is 1. The molecule has 0 radical (unpaired) electrons. The van der Waals surface area contributed by atoms with E-state index in [9.17, 15) is 13.2 Å². The summed E-state index contributed by atoms with van der Waals surface area (Å²) in [5, 5.41) is 3.91. The number of rotatable bonds is 3.